The number of alkyl halides is 2. The van der Waals surface area contributed by atoms with E-state index in [0.29, 0.717) is 16.5 Å². The Morgan fingerprint density at radius 3 is 2.85 bits per heavy atom. The van der Waals surface area contributed by atoms with Crippen LogP contribution >= 0.6 is 11.8 Å². The molecular formula is C12H11F3N2O2S. The van der Waals surface area contributed by atoms with E-state index in [1.165, 1.54) is 23.9 Å². The van der Waals surface area contributed by atoms with Gasteiger partial charge < -0.3 is 9.63 Å². The number of rotatable bonds is 6. The zero-order chi connectivity index (χ0) is 14.5. The van der Waals surface area contributed by atoms with Crippen molar-refractivity contribution in [1.29, 1.82) is 0 Å². The third-order valence-electron chi connectivity index (χ3n) is 2.35. The molecule has 2 rings (SSSR count). The first-order valence-electron chi connectivity index (χ1n) is 5.70. The Morgan fingerprint density at radius 2 is 2.15 bits per heavy atom. The van der Waals surface area contributed by atoms with E-state index >= 15 is 0 Å². The van der Waals surface area contributed by atoms with Crippen LogP contribution in [-0.2, 0) is 12.2 Å². The van der Waals surface area contributed by atoms with E-state index in [0.717, 1.165) is 0 Å². The molecule has 1 heterocycles. The number of hydrogen-bond acceptors (Lipinski definition) is 5. The minimum Gasteiger partial charge on any atom is -0.387 e. The summed E-state index contributed by atoms with van der Waals surface area (Å²) in [5, 5.41) is 12.6. The summed E-state index contributed by atoms with van der Waals surface area (Å²) < 4.78 is 42.0. The predicted octanol–water partition coefficient (Wildman–Crippen LogP) is 2.67. The van der Waals surface area contributed by atoms with Gasteiger partial charge in [0, 0.05) is 4.90 Å². The summed E-state index contributed by atoms with van der Waals surface area (Å²) in [6.45, 7) is 0. The van der Waals surface area contributed by atoms with Crippen LogP contribution in [-0.4, -0.2) is 27.8 Å². The number of halogens is 3. The van der Waals surface area contributed by atoms with E-state index in [-0.39, 0.29) is 11.7 Å². The van der Waals surface area contributed by atoms with Crippen LogP contribution in [0.4, 0.5) is 13.2 Å². The summed E-state index contributed by atoms with van der Waals surface area (Å²) in [5.41, 5.74) is 0. The number of thioether (sulfide) groups is 1. The highest BCUT2D eigenvalue weighted by Crippen LogP contribution is 2.22. The van der Waals surface area contributed by atoms with Crippen molar-refractivity contribution in [3.63, 3.8) is 0 Å². The second-order valence-corrected chi connectivity index (χ2v) is 5.01. The zero-order valence-electron chi connectivity index (χ0n) is 10.2. The van der Waals surface area contributed by atoms with Gasteiger partial charge in [-0.2, -0.15) is 4.98 Å². The first-order valence-corrected chi connectivity index (χ1v) is 6.69. The highest BCUT2D eigenvalue weighted by Gasteiger charge is 2.20. The van der Waals surface area contributed by atoms with E-state index in [1.807, 2.05) is 0 Å². The molecule has 0 bridgehead atoms. The van der Waals surface area contributed by atoms with Crippen molar-refractivity contribution in [1.82, 2.24) is 10.1 Å². The minimum absolute atomic E-state index is 0.0485. The van der Waals surface area contributed by atoms with E-state index in [2.05, 4.69) is 10.1 Å². The molecule has 2 aromatic rings. The summed E-state index contributed by atoms with van der Waals surface area (Å²) >= 11 is 1.29. The van der Waals surface area contributed by atoms with Crippen LogP contribution in [0.25, 0.3) is 0 Å². The Kier molecular flexibility index (Phi) is 5.02. The van der Waals surface area contributed by atoms with E-state index < -0.39 is 19.0 Å². The maximum Gasteiger partial charge on any atom is 0.264 e. The molecule has 0 aliphatic heterocycles. The summed E-state index contributed by atoms with van der Waals surface area (Å²) in [6.07, 6.45) is -5.07. The van der Waals surface area contributed by atoms with Crippen LogP contribution in [0.1, 0.15) is 11.7 Å². The molecule has 0 aliphatic carbocycles. The van der Waals surface area contributed by atoms with Gasteiger partial charge in [0.25, 0.3) is 6.43 Å². The van der Waals surface area contributed by atoms with Gasteiger partial charge in [0.1, 0.15) is 11.9 Å². The number of aliphatic hydroxyl groups is 1. The Labute approximate surface area is 117 Å². The van der Waals surface area contributed by atoms with Gasteiger partial charge in [0.2, 0.25) is 5.89 Å². The fourth-order valence-corrected chi connectivity index (χ4v) is 2.19. The fraction of sp³-hybridized carbons (Fsp3) is 0.333. The van der Waals surface area contributed by atoms with E-state index in [1.54, 1.807) is 12.1 Å². The van der Waals surface area contributed by atoms with Gasteiger partial charge in [0.05, 0.1) is 12.2 Å². The number of nitrogens with zero attached hydrogens (tertiary/aromatic N) is 2. The highest BCUT2D eigenvalue weighted by molar-refractivity contribution is 7.98. The average Bonchev–Trinajstić information content (AvgIpc) is 2.84. The molecule has 0 saturated heterocycles. The first kappa shape index (κ1) is 14.9. The fourth-order valence-electron chi connectivity index (χ4n) is 1.40. The molecular weight excluding hydrogens is 293 g/mol. The van der Waals surface area contributed by atoms with Crippen molar-refractivity contribution in [3.8, 4) is 0 Å². The van der Waals surface area contributed by atoms with Gasteiger partial charge in [-0.15, -0.1) is 11.8 Å². The zero-order valence-corrected chi connectivity index (χ0v) is 11.0. The third kappa shape index (κ3) is 4.24. The van der Waals surface area contributed by atoms with Crippen molar-refractivity contribution in [2.75, 3.05) is 0 Å². The van der Waals surface area contributed by atoms with Crippen molar-refractivity contribution in [3.05, 3.63) is 41.8 Å². The molecule has 0 spiro atoms. The molecule has 1 aromatic carbocycles. The lowest BCUT2D eigenvalue weighted by Gasteiger charge is -2.04. The van der Waals surface area contributed by atoms with Crippen LogP contribution in [0.3, 0.4) is 0 Å². The molecule has 1 N–H and O–H groups in total. The molecule has 20 heavy (non-hydrogen) atoms. The molecule has 1 aromatic heterocycles. The van der Waals surface area contributed by atoms with Gasteiger partial charge >= 0.3 is 0 Å². The van der Waals surface area contributed by atoms with Gasteiger partial charge in [-0.25, -0.2) is 13.2 Å². The minimum atomic E-state index is -2.85. The smallest absolute Gasteiger partial charge is 0.264 e. The lowest BCUT2D eigenvalue weighted by atomic mass is 10.2. The lowest BCUT2D eigenvalue weighted by molar-refractivity contribution is -0.00754. The quantitative estimate of drug-likeness (QED) is 0.831. The van der Waals surface area contributed by atoms with Gasteiger partial charge in [-0.1, -0.05) is 11.2 Å². The number of benzene rings is 1. The van der Waals surface area contributed by atoms with E-state index in [4.69, 9.17) is 9.63 Å². The molecule has 0 fully saturated rings. The SMILES string of the molecule is OC(Cc1nc(CSc2cccc(F)c2)no1)C(F)F. The maximum absolute atomic E-state index is 13.0. The second-order valence-electron chi connectivity index (χ2n) is 3.96. The normalized spacial score (nSPS) is 12.8. The van der Waals surface area contributed by atoms with Crippen molar-refractivity contribution < 1.29 is 22.8 Å². The summed E-state index contributed by atoms with van der Waals surface area (Å²) in [6, 6.07) is 6.02. The molecule has 1 unspecified atom stereocenters. The van der Waals surface area contributed by atoms with Crippen LogP contribution in [0.2, 0.25) is 0 Å². The highest BCUT2D eigenvalue weighted by atomic mass is 32.2. The summed E-state index contributed by atoms with van der Waals surface area (Å²) in [7, 11) is 0. The van der Waals surface area contributed by atoms with Crippen LogP contribution in [0, 0.1) is 5.82 Å². The predicted molar refractivity (Wildman–Crippen MR) is 66.0 cm³/mol. The lowest BCUT2D eigenvalue weighted by Crippen LogP contribution is -2.20. The number of aliphatic hydroxyl groups excluding tert-OH is 1. The molecule has 1 atom stereocenters. The van der Waals surface area contributed by atoms with Gasteiger partial charge in [-0.3, -0.25) is 0 Å². The molecule has 8 heteroatoms. The average molecular weight is 304 g/mol. The Morgan fingerprint density at radius 1 is 1.35 bits per heavy atom. The van der Waals surface area contributed by atoms with Crippen molar-refractivity contribution in [2.24, 2.45) is 0 Å². The summed E-state index contributed by atoms with van der Waals surface area (Å²) in [4.78, 5) is 4.58. The maximum atomic E-state index is 13.0. The second kappa shape index (κ2) is 6.76. The molecule has 0 aliphatic rings. The van der Waals surface area contributed by atoms with E-state index in [9.17, 15) is 13.2 Å². The van der Waals surface area contributed by atoms with Crippen molar-refractivity contribution in [2.45, 2.75) is 29.6 Å². The Hall–Kier alpha value is -1.54. The first-order chi connectivity index (χ1) is 9.54. The standard InChI is InChI=1S/C12H11F3N2O2S/c13-7-2-1-3-8(4-7)20-6-10-16-11(19-17-10)5-9(18)12(14)15/h1-4,9,12,18H,5-6H2. The largest absolute Gasteiger partial charge is 0.387 e. The van der Waals surface area contributed by atoms with Gasteiger partial charge in [-0.05, 0) is 18.2 Å². The monoisotopic (exact) mass is 304 g/mol. The van der Waals surface area contributed by atoms with Crippen LogP contribution < -0.4 is 0 Å². The number of hydrogen-bond donors (Lipinski definition) is 1. The topological polar surface area (TPSA) is 59.2 Å². The van der Waals surface area contributed by atoms with Crippen LogP contribution in [0.15, 0.2) is 33.7 Å². The molecule has 4 nitrogen and oxygen atoms in total. The number of aromatic nitrogens is 2. The molecule has 108 valence electrons. The molecule has 0 radical (unpaired) electrons. The van der Waals surface area contributed by atoms with Gasteiger partial charge in [0.15, 0.2) is 5.82 Å². The van der Waals surface area contributed by atoms with Crippen molar-refractivity contribution >= 4 is 11.8 Å². The molecule has 0 amide bonds. The van der Waals surface area contributed by atoms with Crippen LogP contribution in [0.5, 0.6) is 0 Å². The Bertz CT molecular complexity index is 565. The molecule has 0 saturated carbocycles. The summed E-state index contributed by atoms with van der Waals surface area (Å²) in [5.74, 6) is 0.227. The Balaban J connectivity index is 1.90. The third-order valence-corrected chi connectivity index (χ3v) is 3.34.